The first-order chi connectivity index (χ1) is 9.77. The van der Waals surface area contributed by atoms with E-state index in [1.54, 1.807) is 18.2 Å². The summed E-state index contributed by atoms with van der Waals surface area (Å²) in [6, 6.07) is 13.2. The summed E-state index contributed by atoms with van der Waals surface area (Å²) < 4.78 is 0. The maximum absolute atomic E-state index is 12.3. The highest BCUT2D eigenvalue weighted by Crippen LogP contribution is 2.25. The number of hydrogen-bond acceptors (Lipinski definition) is 1. The second kappa shape index (κ2) is 5.90. The number of amides is 1. The fourth-order valence-electron chi connectivity index (χ4n) is 2.05. The first-order valence-electron chi connectivity index (χ1n) is 6.95. The highest BCUT2D eigenvalue weighted by molar-refractivity contribution is 6.31. The maximum Gasteiger partial charge on any atom is 0.255 e. The van der Waals surface area contributed by atoms with Crippen LogP contribution in [0.5, 0.6) is 0 Å². The lowest BCUT2D eigenvalue weighted by molar-refractivity contribution is 0.102. The molecule has 0 aromatic heterocycles. The zero-order valence-electron chi connectivity index (χ0n) is 12.8. The summed E-state index contributed by atoms with van der Waals surface area (Å²) in [5.41, 5.74) is 3.55. The molecule has 0 aliphatic carbocycles. The summed E-state index contributed by atoms with van der Waals surface area (Å²) in [5.74, 6) is -0.124. The molecule has 0 spiro atoms. The van der Waals surface area contributed by atoms with Gasteiger partial charge in [-0.2, -0.15) is 0 Å². The van der Waals surface area contributed by atoms with Crippen LogP contribution in [-0.2, 0) is 5.41 Å². The Morgan fingerprint density at radius 3 is 2.43 bits per heavy atom. The highest BCUT2D eigenvalue weighted by atomic mass is 35.5. The summed E-state index contributed by atoms with van der Waals surface area (Å²) >= 11 is 5.98. The molecule has 0 saturated carbocycles. The Morgan fingerprint density at radius 1 is 1.10 bits per heavy atom. The van der Waals surface area contributed by atoms with Crippen LogP contribution in [0.25, 0.3) is 0 Å². The molecule has 0 bridgehead atoms. The van der Waals surface area contributed by atoms with Gasteiger partial charge in [0, 0.05) is 16.3 Å². The summed E-state index contributed by atoms with van der Waals surface area (Å²) in [5, 5.41) is 3.60. The number of halogens is 1. The van der Waals surface area contributed by atoms with Gasteiger partial charge < -0.3 is 5.32 Å². The first kappa shape index (κ1) is 15.6. The molecule has 0 heterocycles. The van der Waals surface area contributed by atoms with Crippen molar-refractivity contribution < 1.29 is 4.79 Å². The zero-order chi connectivity index (χ0) is 15.6. The maximum atomic E-state index is 12.3. The lowest BCUT2D eigenvalue weighted by Crippen LogP contribution is -2.14. The molecule has 0 saturated heterocycles. The topological polar surface area (TPSA) is 29.1 Å². The summed E-state index contributed by atoms with van der Waals surface area (Å²) in [6.07, 6.45) is 0. The molecule has 0 radical (unpaired) electrons. The van der Waals surface area contributed by atoms with Gasteiger partial charge in [0.05, 0.1) is 0 Å². The fraction of sp³-hybridized carbons (Fsp3) is 0.278. The van der Waals surface area contributed by atoms with Gasteiger partial charge in [0.15, 0.2) is 0 Å². The minimum Gasteiger partial charge on any atom is -0.322 e. The van der Waals surface area contributed by atoms with Gasteiger partial charge in [0.25, 0.3) is 5.91 Å². The van der Waals surface area contributed by atoms with Crippen molar-refractivity contribution in [1.29, 1.82) is 0 Å². The second-order valence-corrected chi connectivity index (χ2v) is 6.66. The fourth-order valence-corrected chi connectivity index (χ4v) is 2.17. The van der Waals surface area contributed by atoms with E-state index in [9.17, 15) is 4.79 Å². The first-order valence-corrected chi connectivity index (χ1v) is 7.33. The molecule has 2 rings (SSSR count). The van der Waals surface area contributed by atoms with Gasteiger partial charge in [-0.05, 0) is 53.8 Å². The van der Waals surface area contributed by atoms with Crippen LogP contribution in [-0.4, -0.2) is 5.91 Å². The Morgan fingerprint density at radius 2 is 1.81 bits per heavy atom. The molecule has 0 atom stereocenters. The minimum atomic E-state index is -0.124. The molecule has 0 unspecified atom stereocenters. The van der Waals surface area contributed by atoms with Gasteiger partial charge in [0.2, 0.25) is 0 Å². The van der Waals surface area contributed by atoms with Gasteiger partial charge in [0.1, 0.15) is 0 Å². The third-order valence-corrected chi connectivity index (χ3v) is 3.83. The average Bonchev–Trinajstić information content (AvgIpc) is 2.41. The summed E-state index contributed by atoms with van der Waals surface area (Å²) in [6.45, 7) is 8.34. The number of rotatable bonds is 2. The van der Waals surface area contributed by atoms with Gasteiger partial charge >= 0.3 is 0 Å². The number of carbonyl (C=O) groups excluding carboxylic acids is 1. The van der Waals surface area contributed by atoms with E-state index in [2.05, 4.69) is 32.2 Å². The van der Waals surface area contributed by atoms with Crippen molar-refractivity contribution >= 4 is 23.2 Å². The predicted molar refractivity (Wildman–Crippen MR) is 89.3 cm³/mol. The Hall–Kier alpha value is -1.80. The van der Waals surface area contributed by atoms with Crippen LogP contribution < -0.4 is 5.32 Å². The minimum absolute atomic E-state index is 0.0532. The average molecular weight is 302 g/mol. The quantitative estimate of drug-likeness (QED) is 0.811. The molecule has 2 aromatic rings. The summed E-state index contributed by atoms with van der Waals surface area (Å²) in [7, 11) is 0. The zero-order valence-corrected chi connectivity index (χ0v) is 13.6. The normalized spacial score (nSPS) is 11.3. The summed E-state index contributed by atoms with van der Waals surface area (Å²) in [4.78, 5) is 12.3. The van der Waals surface area contributed by atoms with E-state index in [1.165, 1.54) is 5.56 Å². The van der Waals surface area contributed by atoms with Crippen molar-refractivity contribution in [2.45, 2.75) is 33.1 Å². The molecule has 0 aliphatic heterocycles. The Balaban J connectivity index is 2.21. The van der Waals surface area contributed by atoms with Gasteiger partial charge in [-0.3, -0.25) is 4.79 Å². The third kappa shape index (κ3) is 3.85. The van der Waals surface area contributed by atoms with Gasteiger partial charge in [-0.15, -0.1) is 0 Å². The molecule has 2 aromatic carbocycles. The van der Waals surface area contributed by atoms with Crippen molar-refractivity contribution in [1.82, 2.24) is 0 Å². The van der Waals surface area contributed by atoms with Crippen molar-refractivity contribution in [3.05, 3.63) is 64.2 Å². The number of aryl methyl sites for hydroxylation is 1. The molecule has 1 amide bonds. The standard InChI is InChI=1S/C18H20ClNO/c1-12-10-13(8-9-16(12)19)17(21)20-15-7-5-6-14(11-15)18(2,3)4/h5-11H,1-4H3,(H,20,21). The van der Waals surface area contributed by atoms with Crippen molar-refractivity contribution in [2.24, 2.45) is 0 Å². The van der Waals surface area contributed by atoms with Crippen molar-refractivity contribution in [2.75, 3.05) is 5.32 Å². The number of benzene rings is 2. The van der Waals surface area contributed by atoms with Crippen LogP contribution >= 0.6 is 11.6 Å². The lowest BCUT2D eigenvalue weighted by Gasteiger charge is -2.20. The Kier molecular flexibility index (Phi) is 4.38. The highest BCUT2D eigenvalue weighted by Gasteiger charge is 2.14. The van der Waals surface area contributed by atoms with Gasteiger partial charge in [-0.1, -0.05) is 44.5 Å². The third-order valence-electron chi connectivity index (χ3n) is 3.41. The van der Waals surface area contributed by atoms with Crippen LogP contribution in [0.15, 0.2) is 42.5 Å². The van der Waals surface area contributed by atoms with Crippen LogP contribution in [0.3, 0.4) is 0 Å². The number of hydrogen-bond donors (Lipinski definition) is 1. The number of nitrogens with one attached hydrogen (secondary N) is 1. The van der Waals surface area contributed by atoms with E-state index in [4.69, 9.17) is 11.6 Å². The predicted octanol–water partition coefficient (Wildman–Crippen LogP) is 5.20. The molecule has 0 aliphatic rings. The molecule has 3 heteroatoms. The molecule has 0 fully saturated rings. The molecular formula is C18H20ClNO. The smallest absolute Gasteiger partial charge is 0.255 e. The van der Waals surface area contributed by atoms with E-state index in [0.29, 0.717) is 10.6 Å². The molecule has 1 N–H and O–H groups in total. The Bertz CT molecular complexity index is 671. The molecule has 21 heavy (non-hydrogen) atoms. The second-order valence-electron chi connectivity index (χ2n) is 6.25. The molecular weight excluding hydrogens is 282 g/mol. The van der Waals surface area contributed by atoms with E-state index < -0.39 is 0 Å². The monoisotopic (exact) mass is 301 g/mol. The molecule has 110 valence electrons. The van der Waals surface area contributed by atoms with E-state index >= 15 is 0 Å². The van der Waals surface area contributed by atoms with Crippen LogP contribution in [0.2, 0.25) is 5.02 Å². The molecule has 2 nitrogen and oxygen atoms in total. The number of anilines is 1. The lowest BCUT2D eigenvalue weighted by atomic mass is 9.87. The number of carbonyl (C=O) groups is 1. The van der Waals surface area contributed by atoms with E-state index in [1.807, 2.05) is 25.1 Å². The van der Waals surface area contributed by atoms with Gasteiger partial charge in [-0.25, -0.2) is 0 Å². The van der Waals surface area contributed by atoms with Crippen molar-refractivity contribution in [3.63, 3.8) is 0 Å². The van der Waals surface area contributed by atoms with E-state index in [-0.39, 0.29) is 11.3 Å². The van der Waals surface area contributed by atoms with E-state index in [0.717, 1.165) is 11.3 Å². The van der Waals surface area contributed by atoms with Crippen LogP contribution in [0, 0.1) is 6.92 Å². The van der Waals surface area contributed by atoms with Crippen molar-refractivity contribution in [3.8, 4) is 0 Å². The SMILES string of the molecule is Cc1cc(C(=O)Nc2cccc(C(C)(C)C)c2)ccc1Cl. The largest absolute Gasteiger partial charge is 0.322 e. The Labute approximate surface area is 131 Å². The van der Waals surface area contributed by atoms with Crippen LogP contribution in [0.4, 0.5) is 5.69 Å². The van der Waals surface area contributed by atoms with Crippen LogP contribution in [0.1, 0.15) is 42.3 Å².